The Hall–Kier alpha value is -2.49. The number of benzene rings is 2. The first-order valence-electron chi connectivity index (χ1n) is 9.73. The van der Waals surface area contributed by atoms with E-state index in [9.17, 15) is 17.2 Å². The van der Waals surface area contributed by atoms with Crippen LogP contribution in [0, 0.1) is 11.6 Å². The van der Waals surface area contributed by atoms with Crippen LogP contribution in [0.1, 0.15) is 11.1 Å². The van der Waals surface area contributed by atoms with Gasteiger partial charge in [-0.05, 0) is 73.0 Å². The van der Waals surface area contributed by atoms with E-state index in [-0.39, 0.29) is 4.21 Å². The molecule has 31 heavy (non-hydrogen) atoms. The molecule has 0 spiro atoms. The molecule has 0 bridgehead atoms. The molecular formula is C22H22F2N2O3S2. The molecule has 0 saturated carbocycles. The molecule has 0 unspecified atom stereocenters. The fraction of sp³-hybridized carbons (Fsp3) is 0.273. The van der Waals surface area contributed by atoms with E-state index < -0.39 is 21.7 Å². The summed E-state index contributed by atoms with van der Waals surface area (Å²) >= 11 is 0.986. The summed E-state index contributed by atoms with van der Waals surface area (Å²) in [5.41, 5.74) is 3.04. The smallest absolute Gasteiger partial charge is 0.271 e. The quantitative estimate of drug-likeness (QED) is 0.603. The zero-order valence-corrected chi connectivity index (χ0v) is 18.7. The summed E-state index contributed by atoms with van der Waals surface area (Å²) in [5.74, 6) is -1.46. The van der Waals surface area contributed by atoms with Gasteiger partial charge in [0.05, 0.1) is 12.8 Å². The molecule has 2 aromatic carbocycles. The molecule has 1 aliphatic rings. The molecule has 0 atom stereocenters. The van der Waals surface area contributed by atoms with Crippen LogP contribution >= 0.6 is 11.3 Å². The number of nitrogens with zero attached hydrogens (tertiary/aromatic N) is 1. The van der Waals surface area contributed by atoms with Gasteiger partial charge in [0.25, 0.3) is 10.0 Å². The van der Waals surface area contributed by atoms with Crippen molar-refractivity contribution in [3.8, 4) is 16.2 Å². The van der Waals surface area contributed by atoms with E-state index in [4.69, 9.17) is 4.74 Å². The third kappa shape index (κ3) is 4.58. The van der Waals surface area contributed by atoms with Crippen molar-refractivity contribution in [3.63, 3.8) is 0 Å². The molecule has 9 heteroatoms. The minimum Gasteiger partial charge on any atom is -0.495 e. The third-order valence-electron chi connectivity index (χ3n) is 5.34. The number of hydrogen-bond donors (Lipinski definition) is 1. The van der Waals surface area contributed by atoms with Gasteiger partial charge < -0.3 is 9.64 Å². The Bertz CT molecular complexity index is 1230. The second-order valence-corrected chi connectivity index (χ2v) is 10.5. The maximum Gasteiger partial charge on any atom is 0.271 e. The Morgan fingerprint density at radius 2 is 1.71 bits per heavy atom. The number of halogens is 2. The lowest BCUT2D eigenvalue weighted by molar-refractivity contribution is 0.352. The first-order chi connectivity index (χ1) is 14.8. The van der Waals surface area contributed by atoms with Gasteiger partial charge >= 0.3 is 0 Å². The van der Waals surface area contributed by atoms with E-state index in [1.165, 1.54) is 19.2 Å². The van der Waals surface area contributed by atoms with Gasteiger partial charge in [-0.2, -0.15) is 0 Å². The van der Waals surface area contributed by atoms with Crippen molar-refractivity contribution < 1.29 is 21.9 Å². The molecule has 0 aliphatic carbocycles. The van der Waals surface area contributed by atoms with Crippen LogP contribution in [0.15, 0.2) is 46.7 Å². The van der Waals surface area contributed by atoms with Gasteiger partial charge in [-0.1, -0.05) is 6.07 Å². The topological polar surface area (TPSA) is 58.6 Å². The first kappa shape index (κ1) is 21.7. The summed E-state index contributed by atoms with van der Waals surface area (Å²) in [4.78, 5) is 2.76. The van der Waals surface area contributed by atoms with Gasteiger partial charge in [0.1, 0.15) is 9.96 Å². The summed E-state index contributed by atoms with van der Waals surface area (Å²) < 4.78 is 60.9. The minimum atomic E-state index is -3.89. The van der Waals surface area contributed by atoms with E-state index in [1.807, 2.05) is 12.1 Å². The van der Waals surface area contributed by atoms with Crippen LogP contribution in [-0.4, -0.2) is 40.6 Å². The normalized spacial score (nSPS) is 14.7. The molecular weight excluding hydrogens is 442 g/mol. The maximum atomic E-state index is 13.5. The van der Waals surface area contributed by atoms with Gasteiger partial charge in [0.2, 0.25) is 0 Å². The van der Waals surface area contributed by atoms with Crippen LogP contribution in [-0.2, 0) is 22.9 Å². The highest BCUT2D eigenvalue weighted by Crippen LogP contribution is 2.35. The zero-order valence-electron chi connectivity index (χ0n) is 17.1. The second kappa shape index (κ2) is 8.57. The molecule has 0 saturated heterocycles. The van der Waals surface area contributed by atoms with Crippen LogP contribution in [0.5, 0.6) is 5.75 Å². The molecule has 1 aromatic heterocycles. The van der Waals surface area contributed by atoms with Crippen molar-refractivity contribution in [3.05, 3.63) is 65.2 Å². The highest BCUT2D eigenvalue weighted by atomic mass is 32.2. The van der Waals surface area contributed by atoms with E-state index in [1.54, 1.807) is 6.07 Å². The predicted molar refractivity (Wildman–Crippen MR) is 118 cm³/mol. The Morgan fingerprint density at radius 3 is 2.39 bits per heavy atom. The Labute approximate surface area is 184 Å². The second-order valence-electron chi connectivity index (χ2n) is 7.48. The summed E-state index contributed by atoms with van der Waals surface area (Å²) in [7, 11) is -0.315. The van der Waals surface area contributed by atoms with E-state index in [2.05, 4.69) is 16.7 Å². The van der Waals surface area contributed by atoms with Crippen LogP contribution in [0.25, 0.3) is 10.4 Å². The van der Waals surface area contributed by atoms with Crippen molar-refractivity contribution >= 4 is 27.0 Å². The summed E-state index contributed by atoms with van der Waals surface area (Å²) in [6.45, 7) is 1.83. The lowest BCUT2D eigenvalue weighted by Gasteiger charge is -2.15. The lowest BCUT2D eigenvalue weighted by Crippen LogP contribution is -2.20. The molecule has 1 N–H and O–H groups in total. The molecule has 2 heterocycles. The van der Waals surface area contributed by atoms with Crippen molar-refractivity contribution in [1.29, 1.82) is 0 Å². The van der Waals surface area contributed by atoms with Crippen LogP contribution < -0.4 is 9.46 Å². The van der Waals surface area contributed by atoms with Crippen LogP contribution in [0.4, 0.5) is 14.5 Å². The highest BCUT2D eigenvalue weighted by molar-refractivity contribution is 7.94. The van der Waals surface area contributed by atoms with E-state index >= 15 is 0 Å². The number of nitrogens with one attached hydrogen (secondary N) is 1. The number of methoxy groups -OCH3 is 1. The molecule has 0 radical (unpaired) electrons. The lowest BCUT2D eigenvalue weighted by atomic mass is 10.0. The molecule has 3 aromatic rings. The van der Waals surface area contributed by atoms with Crippen LogP contribution in [0.3, 0.4) is 0 Å². The molecule has 1 aliphatic heterocycles. The van der Waals surface area contributed by atoms with Gasteiger partial charge in [-0.15, -0.1) is 11.3 Å². The van der Waals surface area contributed by atoms with Crippen molar-refractivity contribution in [2.75, 3.05) is 32.0 Å². The predicted octanol–water partition coefficient (Wildman–Crippen LogP) is 4.53. The van der Waals surface area contributed by atoms with Gasteiger partial charge in [-0.25, -0.2) is 17.2 Å². The summed E-state index contributed by atoms with van der Waals surface area (Å²) in [6.07, 6.45) is 1.70. The number of sulfonamides is 1. The van der Waals surface area contributed by atoms with Crippen LogP contribution in [0.2, 0.25) is 0 Å². The van der Waals surface area contributed by atoms with Crippen molar-refractivity contribution in [1.82, 2.24) is 4.90 Å². The zero-order chi connectivity index (χ0) is 22.2. The average Bonchev–Trinajstić information content (AvgIpc) is 3.17. The number of rotatable bonds is 5. The first-order valence-corrected chi connectivity index (χ1v) is 12.0. The fourth-order valence-corrected chi connectivity index (χ4v) is 5.94. The average molecular weight is 465 g/mol. The number of fused-ring (bicyclic) bond motifs is 1. The van der Waals surface area contributed by atoms with Gasteiger partial charge in [-0.3, -0.25) is 4.72 Å². The number of anilines is 1. The Morgan fingerprint density at radius 1 is 1.00 bits per heavy atom. The van der Waals surface area contributed by atoms with Crippen molar-refractivity contribution in [2.45, 2.75) is 17.1 Å². The monoisotopic (exact) mass is 464 g/mol. The third-order valence-corrected chi connectivity index (χ3v) is 8.33. The highest BCUT2D eigenvalue weighted by Gasteiger charge is 2.22. The molecule has 164 valence electrons. The molecule has 5 nitrogen and oxygen atoms in total. The number of ether oxygens (including phenoxy) is 1. The Kier molecular flexibility index (Phi) is 6.00. The van der Waals surface area contributed by atoms with E-state index in [0.29, 0.717) is 21.9 Å². The Balaban J connectivity index is 1.63. The standard InChI is InChI=1S/C22H22F2N2O3S2/c1-26-9-7-14-12-19(20(29-2)13-15(14)8-10-26)25-31(27,28)22-6-5-21(30-22)16-3-4-17(23)18(24)11-16/h3-6,11-13,25H,7-10H2,1-2H3. The minimum absolute atomic E-state index is 0.0731. The summed E-state index contributed by atoms with van der Waals surface area (Å²) in [6, 6.07) is 10.3. The SMILES string of the molecule is COc1cc2c(cc1NS(=O)(=O)c1ccc(-c3ccc(F)c(F)c3)s1)CCN(C)CC2. The van der Waals surface area contributed by atoms with E-state index in [0.717, 1.165) is 60.5 Å². The van der Waals surface area contributed by atoms with Crippen molar-refractivity contribution in [2.24, 2.45) is 0 Å². The molecule has 0 amide bonds. The number of thiophene rings is 1. The molecule has 0 fully saturated rings. The largest absolute Gasteiger partial charge is 0.495 e. The van der Waals surface area contributed by atoms with Gasteiger partial charge in [0, 0.05) is 18.0 Å². The number of likely N-dealkylation sites (N-methyl/N-ethyl adjacent to an activating group) is 1. The summed E-state index contributed by atoms with van der Waals surface area (Å²) in [5, 5.41) is 0. The molecule has 4 rings (SSSR count). The maximum absolute atomic E-state index is 13.5. The van der Waals surface area contributed by atoms with Gasteiger partial charge in [0.15, 0.2) is 11.6 Å². The number of hydrogen-bond acceptors (Lipinski definition) is 5. The fourth-order valence-electron chi connectivity index (χ4n) is 3.58.